The molecule has 11 heavy (non-hydrogen) atoms. The van der Waals surface area contributed by atoms with Crippen molar-refractivity contribution in [2.24, 2.45) is 0 Å². The largest absolute Gasteiger partial charge is 0.464 e. The molecule has 0 atom stereocenters. The third kappa shape index (κ3) is 7.57. The maximum atomic E-state index is 11.5. The summed E-state index contributed by atoms with van der Waals surface area (Å²) in [6.45, 7) is 1.56. The van der Waals surface area contributed by atoms with E-state index in [1.165, 1.54) is 0 Å². The molecule has 0 aliphatic carbocycles. The van der Waals surface area contributed by atoms with Gasteiger partial charge >= 0.3 is 29.0 Å². The maximum absolute atomic E-state index is 11.5. The zero-order valence-electron chi connectivity index (χ0n) is 7.83. The van der Waals surface area contributed by atoms with Gasteiger partial charge < -0.3 is 7.15 Å². The minimum absolute atomic E-state index is 1.22. The summed E-state index contributed by atoms with van der Waals surface area (Å²) in [5.74, 6) is 7.95. The van der Waals surface area contributed by atoms with Gasteiger partial charge in [0, 0.05) is 6.66 Å². The van der Waals surface area contributed by atoms with Gasteiger partial charge in [-0.2, -0.15) is 0 Å². The van der Waals surface area contributed by atoms with Crippen molar-refractivity contribution in [3.05, 3.63) is 0 Å². The van der Waals surface area contributed by atoms with Crippen molar-refractivity contribution >= 4 is 36.6 Å². The summed E-state index contributed by atoms with van der Waals surface area (Å²) in [7, 11) is -2.68. The van der Waals surface area contributed by atoms with Crippen LogP contribution in [0.1, 0.15) is 0 Å². The van der Waals surface area contributed by atoms with Crippen molar-refractivity contribution in [1.82, 2.24) is 0 Å². The Morgan fingerprint density at radius 2 is 1.27 bits per heavy atom. The highest BCUT2D eigenvalue weighted by atomic mass is 31.2. The molecule has 0 saturated carbocycles. The lowest BCUT2D eigenvalue weighted by Crippen LogP contribution is -2.11. The Balaban J connectivity index is 3.91. The Bertz CT molecular complexity index is 146. The van der Waals surface area contributed by atoms with Crippen molar-refractivity contribution < 1.29 is 11.7 Å². The van der Waals surface area contributed by atoms with Gasteiger partial charge in [0.25, 0.3) is 7.60 Å². The van der Waals surface area contributed by atoms with E-state index in [2.05, 4.69) is 0 Å². The van der Waals surface area contributed by atoms with E-state index < -0.39 is 36.6 Å². The lowest BCUT2D eigenvalue weighted by atomic mass is 11.9. The Hall–Kier alpha value is 1.21. The van der Waals surface area contributed by atoms with Gasteiger partial charge in [-0.25, -0.2) is 0 Å². The number of rotatable bonds is 4. The van der Waals surface area contributed by atoms with Crippen molar-refractivity contribution in [2.45, 2.75) is 23.1 Å². The van der Waals surface area contributed by atoms with E-state index in [4.69, 9.17) is 7.15 Å². The summed E-state index contributed by atoms with van der Waals surface area (Å²) in [6, 6.07) is 0. The van der Waals surface area contributed by atoms with Crippen LogP contribution in [0, 0.1) is 0 Å². The first-order valence-corrected chi connectivity index (χ1v) is 11.3. The molecule has 0 amide bonds. The van der Waals surface area contributed by atoms with Gasteiger partial charge in [0.1, 0.15) is 0 Å². The van der Waals surface area contributed by atoms with Crippen LogP contribution in [0.25, 0.3) is 0 Å². The molecule has 0 aliphatic rings. The first-order valence-electron chi connectivity index (χ1n) is 3.78. The highest BCUT2D eigenvalue weighted by Crippen LogP contribution is 2.44. The van der Waals surface area contributed by atoms with E-state index in [0.29, 0.717) is 0 Å². The van der Waals surface area contributed by atoms with Crippen LogP contribution in [0.15, 0.2) is 0 Å². The van der Waals surface area contributed by atoms with Gasteiger partial charge in [-0.3, -0.25) is 4.57 Å². The van der Waals surface area contributed by atoms with Gasteiger partial charge in [0.2, 0.25) is 0 Å². The molecule has 0 fully saturated rings. The predicted molar refractivity (Wildman–Crippen MR) is 50.7 cm³/mol. The number of hydrogen-bond acceptors (Lipinski definition) is 3. The van der Waals surface area contributed by atoms with Gasteiger partial charge in [-0.15, -0.1) is 0 Å². The summed E-state index contributed by atoms with van der Waals surface area (Å²) in [5, 5.41) is 0. The Kier molecular flexibility index (Phi) is 5.61. The predicted octanol–water partition coefficient (Wildman–Crippen LogP) is 2.34. The lowest BCUT2D eigenvalue weighted by Gasteiger charge is -2.18. The molecule has 0 aromatic rings. The molecule has 6 heteroatoms. The average molecular weight is 208 g/mol. The fourth-order valence-electron chi connectivity index (χ4n) is 0.791. The highest BCUT2D eigenvalue weighted by molar-refractivity contribution is 7.55. The minimum Gasteiger partial charge on any atom is -0.437 e. The topological polar surface area (TPSA) is 35.5 Å². The van der Waals surface area contributed by atoms with Crippen LogP contribution in [0.3, 0.4) is 0 Å². The van der Waals surface area contributed by atoms with Crippen molar-refractivity contribution in [1.29, 1.82) is 0 Å². The van der Waals surface area contributed by atoms with E-state index in [1.807, 2.05) is 23.1 Å². The summed E-state index contributed by atoms with van der Waals surface area (Å²) in [4.78, 5) is 0. The van der Waals surface area contributed by atoms with Crippen LogP contribution in [0.2, 0.25) is 23.1 Å². The molecule has 0 radical (unpaired) electrons. The van der Waals surface area contributed by atoms with E-state index in [9.17, 15) is 4.57 Å². The lowest BCUT2D eigenvalue weighted by molar-refractivity contribution is 0.403. The Morgan fingerprint density at radius 3 is 1.45 bits per heavy atom. The van der Waals surface area contributed by atoms with Gasteiger partial charge in [0.15, 0.2) is 0 Å². The first-order chi connectivity index (χ1) is 4.83. The zero-order chi connectivity index (χ0) is 9.07. The smallest absolute Gasteiger partial charge is 0.437 e. The molecule has 0 N–H and O–H groups in total. The van der Waals surface area contributed by atoms with E-state index in [0.717, 1.165) is 0 Å². The van der Waals surface area contributed by atoms with Crippen LogP contribution >= 0.6 is 7.60 Å². The molecule has 0 rings (SSSR count). The van der Waals surface area contributed by atoms with E-state index in [1.54, 1.807) is 6.66 Å². The molecule has 0 unspecified atom stereocenters. The van der Waals surface area contributed by atoms with Crippen molar-refractivity contribution in [3.8, 4) is 0 Å². The molecular formula is C5H15Al2O3P. The van der Waals surface area contributed by atoms with Gasteiger partial charge in [0.05, 0.1) is 0 Å². The third-order valence-corrected chi connectivity index (χ3v) is 7.24. The molecule has 64 valence electrons. The summed E-state index contributed by atoms with van der Waals surface area (Å²) < 4.78 is 22.0. The first kappa shape index (κ1) is 12.2. The molecule has 3 nitrogen and oxygen atoms in total. The van der Waals surface area contributed by atoms with Gasteiger partial charge in [-0.05, 0) is 0 Å². The second-order valence-electron chi connectivity index (χ2n) is 3.08. The Morgan fingerprint density at radius 1 is 1.00 bits per heavy atom. The summed E-state index contributed by atoms with van der Waals surface area (Å²) >= 11 is -2.44. The summed E-state index contributed by atoms with van der Waals surface area (Å²) in [5.41, 5.74) is 0. The highest BCUT2D eigenvalue weighted by Gasteiger charge is 2.23. The van der Waals surface area contributed by atoms with Crippen LogP contribution < -0.4 is 0 Å². The molecule has 0 heterocycles. The normalized spacial score (nSPS) is 11.4. The van der Waals surface area contributed by atoms with Crippen LogP contribution in [0.5, 0.6) is 0 Å². The second kappa shape index (κ2) is 5.06. The monoisotopic (exact) mass is 208 g/mol. The Labute approximate surface area is 78.1 Å². The standard InChI is InChI=1S/CH5O3P.4CH3.2Al/c1-5(2,3)4;;;;;;/h1H3,(H2,2,3,4);4*1H3;;/q;;;;;2*+1/p-2. The third-order valence-electron chi connectivity index (χ3n) is 0.805. The van der Waals surface area contributed by atoms with Crippen LogP contribution in [-0.4, -0.2) is 35.6 Å². The van der Waals surface area contributed by atoms with Crippen LogP contribution in [0.4, 0.5) is 0 Å². The molecule has 0 aromatic carbocycles. The van der Waals surface area contributed by atoms with E-state index >= 15 is 0 Å². The molecule has 0 saturated heterocycles. The SMILES string of the molecule is [CH3][Al]([CH3])[O]P(C)(=O)[O][Al]([CH3])[CH3]. The molecule has 0 aromatic heterocycles. The van der Waals surface area contributed by atoms with Gasteiger partial charge in [-0.1, -0.05) is 23.1 Å². The van der Waals surface area contributed by atoms with Crippen molar-refractivity contribution in [2.75, 3.05) is 6.66 Å². The molecule has 0 aliphatic heterocycles. The molecular weight excluding hydrogens is 193 g/mol. The second-order valence-corrected chi connectivity index (χ2v) is 10.5. The fourth-order valence-corrected chi connectivity index (χ4v) is 7.56. The quantitative estimate of drug-likeness (QED) is 0.525. The molecule has 0 bridgehead atoms. The maximum Gasteiger partial charge on any atom is 0.464 e. The summed E-state index contributed by atoms with van der Waals surface area (Å²) in [6.07, 6.45) is 0. The molecule has 0 spiro atoms. The number of hydrogen-bond donors (Lipinski definition) is 0. The minimum atomic E-state index is -2.68. The van der Waals surface area contributed by atoms with Crippen molar-refractivity contribution in [3.63, 3.8) is 0 Å². The average Bonchev–Trinajstić information content (AvgIpc) is 1.53. The van der Waals surface area contributed by atoms with Crippen LogP contribution in [-0.2, 0) is 11.7 Å². The van der Waals surface area contributed by atoms with E-state index in [-0.39, 0.29) is 0 Å². The fraction of sp³-hybridized carbons (Fsp3) is 1.00. The zero-order valence-corrected chi connectivity index (χ0v) is 11.0.